The van der Waals surface area contributed by atoms with Crippen molar-refractivity contribution in [2.24, 2.45) is 0 Å². The number of hydrogen-bond donors (Lipinski definition) is 0. The van der Waals surface area contributed by atoms with Crippen LogP contribution in [0.25, 0.3) is 76.3 Å². The Morgan fingerprint density at radius 3 is 1.43 bits per heavy atom. The Morgan fingerprint density at radius 1 is 0.405 bits per heavy atom. The van der Waals surface area contributed by atoms with Gasteiger partial charge in [0.2, 0.25) is 0 Å². The molecule has 0 saturated carbocycles. The number of benzene rings is 4. The first-order valence-electron chi connectivity index (χ1n) is 13.3. The average Bonchev–Trinajstić information content (AvgIpc) is 3.80. The lowest BCUT2D eigenvalue weighted by atomic mass is 9.86. The van der Waals surface area contributed by atoms with Crippen LogP contribution in [0.4, 0.5) is 0 Å². The normalized spacial score (nSPS) is 11.3. The molecule has 6 nitrogen and oxygen atoms in total. The minimum atomic E-state index is 0.676. The molecule has 198 valence electrons. The number of hydrogen-bond acceptors (Lipinski definition) is 8. The van der Waals surface area contributed by atoms with Gasteiger partial charge in [-0.2, -0.15) is 0 Å². The summed E-state index contributed by atoms with van der Waals surface area (Å²) in [6.45, 7) is 0. The van der Waals surface area contributed by atoms with E-state index < -0.39 is 0 Å². The van der Waals surface area contributed by atoms with Gasteiger partial charge >= 0.3 is 0 Å². The maximum atomic E-state index is 4.74. The molecule has 0 radical (unpaired) electrons. The van der Waals surface area contributed by atoms with Crippen molar-refractivity contribution in [3.05, 3.63) is 121 Å². The number of rotatable bonds is 5. The molecule has 42 heavy (non-hydrogen) atoms. The fourth-order valence-corrected chi connectivity index (χ4v) is 6.57. The molecule has 0 saturated heterocycles. The molecule has 0 aliphatic carbocycles. The summed E-state index contributed by atoms with van der Waals surface area (Å²) < 4.78 is 0. The number of aromatic nitrogens is 6. The van der Waals surface area contributed by atoms with Gasteiger partial charge in [-0.05, 0) is 38.7 Å². The van der Waals surface area contributed by atoms with Crippen LogP contribution in [0.1, 0.15) is 0 Å². The molecule has 0 aliphatic heterocycles. The predicted molar refractivity (Wildman–Crippen MR) is 171 cm³/mol. The Balaban J connectivity index is 1.40. The molecule has 0 fully saturated rings. The highest BCUT2D eigenvalue weighted by molar-refractivity contribution is 7.13. The Labute approximate surface area is 249 Å². The van der Waals surface area contributed by atoms with Crippen molar-refractivity contribution in [2.45, 2.75) is 0 Å². The van der Waals surface area contributed by atoms with Gasteiger partial charge in [-0.1, -0.05) is 66.7 Å². The summed E-state index contributed by atoms with van der Waals surface area (Å²) in [5.74, 6) is 1.35. The highest BCUT2D eigenvalue weighted by Gasteiger charge is 2.19. The van der Waals surface area contributed by atoms with Crippen molar-refractivity contribution >= 4 is 44.2 Å². The topological polar surface area (TPSA) is 77.3 Å². The average molecular weight is 577 g/mol. The fraction of sp³-hybridized carbons (Fsp3) is 0. The van der Waals surface area contributed by atoms with Crippen molar-refractivity contribution in [3.8, 4) is 54.8 Å². The van der Waals surface area contributed by atoms with Crippen molar-refractivity contribution in [3.63, 3.8) is 0 Å². The van der Waals surface area contributed by atoms with Crippen molar-refractivity contribution in [1.29, 1.82) is 0 Å². The summed E-state index contributed by atoms with van der Waals surface area (Å²) in [5, 5.41) is 4.47. The molecular weight excluding hydrogens is 557 g/mol. The summed E-state index contributed by atoms with van der Waals surface area (Å²) in [7, 11) is 0. The van der Waals surface area contributed by atoms with Gasteiger partial charge in [-0.25, -0.2) is 19.9 Å². The van der Waals surface area contributed by atoms with Gasteiger partial charge in [0.25, 0.3) is 0 Å². The van der Waals surface area contributed by atoms with Crippen LogP contribution >= 0.6 is 22.7 Å². The molecule has 0 aliphatic rings. The second-order valence-corrected chi connectivity index (χ2v) is 11.5. The maximum absolute atomic E-state index is 4.74. The Bertz CT molecular complexity index is 2160. The van der Waals surface area contributed by atoms with E-state index in [-0.39, 0.29) is 0 Å². The van der Waals surface area contributed by atoms with E-state index >= 15 is 0 Å². The second kappa shape index (κ2) is 10.3. The van der Waals surface area contributed by atoms with Crippen molar-refractivity contribution in [2.75, 3.05) is 0 Å². The molecule has 8 aromatic rings. The molecule has 0 unspecified atom stereocenters. The Morgan fingerprint density at radius 2 is 0.905 bits per heavy atom. The van der Waals surface area contributed by atoms with Gasteiger partial charge in [0.1, 0.15) is 0 Å². The van der Waals surface area contributed by atoms with Gasteiger partial charge in [0.15, 0.2) is 11.6 Å². The van der Waals surface area contributed by atoms with Gasteiger partial charge in [0.05, 0.1) is 20.8 Å². The van der Waals surface area contributed by atoms with E-state index in [4.69, 9.17) is 19.9 Å². The van der Waals surface area contributed by atoms with Crippen LogP contribution < -0.4 is 0 Å². The van der Waals surface area contributed by atoms with Gasteiger partial charge in [-0.15, -0.1) is 22.7 Å². The largest absolute Gasteiger partial charge is 0.252 e. The predicted octanol–water partition coefficient (Wildman–Crippen LogP) is 8.82. The van der Waals surface area contributed by atoms with Gasteiger partial charge < -0.3 is 0 Å². The van der Waals surface area contributed by atoms with E-state index in [0.717, 1.165) is 64.7 Å². The van der Waals surface area contributed by atoms with Crippen molar-refractivity contribution in [1.82, 2.24) is 29.9 Å². The van der Waals surface area contributed by atoms with E-state index in [2.05, 4.69) is 76.7 Å². The lowest BCUT2D eigenvalue weighted by Crippen LogP contribution is -1.95. The third-order valence-corrected chi connectivity index (χ3v) is 8.86. The summed E-state index contributed by atoms with van der Waals surface area (Å²) in [6, 6.07) is 25.6. The van der Waals surface area contributed by atoms with Crippen LogP contribution in [0.3, 0.4) is 0 Å². The third-order valence-electron chi connectivity index (χ3n) is 7.32. The Hall–Kier alpha value is -5.18. The highest BCUT2D eigenvalue weighted by Crippen LogP contribution is 2.44. The monoisotopic (exact) mass is 576 g/mol. The lowest BCUT2D eigenvalue weighted by Gasteiger charge is -2.18. The zero-order valence-corrected chi connectivity index (χ0v) is 23.7. The maximum Gasteiger partial charge on any atom is 0.171 e. The molecule has 8 heteroatoms. The van der Waals surface area contributed by atoms with E-state index in [1.807, 2.05) is 30.9 Å². The molecular formula is C34H20N6S2. The highest BCUT2D eigenvalue weighted by atomic mass is 32.1. The Kier molecular flexibility index (Phi) is 6.05. The standard InChI is InChI=1S/C34H20N6S2/c1-2-6-21(7-3-1)22-10-11-27-28(12-22)32(24-15-39-34(40-16-24)30-18-36-20-42-30)26-9-5-4-8-25(26)31(27)23-13-37-33(38-14-23)29-17-35-19-41-29/h1-20H. The molecule has 4 aromatic heterocycles. The molecule has 0 atom stereocenters. The first kappa shape index (κ1) is 24.6. The van der Waals surface area contributed by atoms with Crippen LogP contribution in [0.15, 0.2) is 121 Å². The van der Waals surface area contributed by atoms with Gasteiger partial charge in [-0.3, -0.25) is 9.97 Å². The molecule has 0 N–H and O–H groups in total. The van der Waals surface area contributed by atoms with E-state index in [0.29, 0.717) is 11.6 Å². The first-order chi connectivity index (χ1) is 20.8. The quantitative estimate of drug-likeness (QED) is 0.191. The first-order valence-corrected chi connectivity index (χ1v) is 15.1. The van der Waals surface area contributed by atoms with Crippen LogP contribution in [-0.4, -0.2) is 29.9 Å². The van der Waals surface area contributed by atoms with Crippen LogP contribution in [-0.2, 0) is 0 Å². The molecule has 0 amide bonds. The van der Waals surface area contributed by atoms with E-state index in [1.165, 1.54) is 22.7 Å². The van der Waals surface area contributed by atoms with Crippen LogP contribution in [0, 0.1) is 0 Å². The van der Waals surface area contributed by atoms with Gasteiger partial charge in [0, 0.05) is 59.4 Å². The summed E-state index contributed by atoms with van der Waals surface area (Å²) in [4.78, 5) is 29.2. The number of nitrogens with zero attached hydrogens (tertiary/aromatic N) is 6. The number of fused-ring (bicyclic) bond motifs is 2. The summed E-state index contributed by atoms with van der Waals surface area (Å²) in [5.41, 5.74) is 10.0. The second-order valence-electron chi connectivity index (χ2n) is 9.74. The number of thiazole rings is 2. The summed E-state index contributed by atoms with van der Waals surface area (Å²) in [6.07, 6.45) is 11.3. The molecule has 4 aromatic carbocycles. The third kappa shape index (κ3) is 4.25. The summed E-state index contributed by atoms with van der Waals surface area (Å²) >= 11 is 3.06. The zero-order valence-electron chi connectivity index (χ0n) is 22.0. The van der Waals surface area contributed by atoms with Crippen LogP contribution in [0.2, 0.25) is 0 Å². The van der Waals surface area contributed by atoms with Crippen molar-refractivity contribution < 1.29 is 0 Å². The SMILES string of the molecule is c1ccc(-c2ccc3c(-c4cnc(-c5cncs5)nc4)c4ccccc4c(-c4cnc(-c5cncs5)nc4)c3c2)cc1. The van der Waals surface area contributed by atoms with E-state index in [1.54, 1.807) is 23.4 Å². The molecule has 4 heterocycles. The molecule has 0 spiro atoms. The van der Waals surface area contributed by atoms with E-state index in [9.17, 15) is 0 Å². The van der Waals surface area contributed by atoms with Crippen LogP contribution in [0.5, 0.6) is 0 Å². The molecule has 0 bridgehead atoms. The molecule has 8 rings (SSSR count). The fourth-order valence-electron chi connectivity index (χ4n) is 5.43. The smallest absolute Gasteiger partial charge is 0.171 e. The minimum Gasteiger partial charge on any atom is -0.252 e. The zero-order chi connectivity index (χ0) is 27.9. The minimum absolute atomic E-state index is 0.676. The lowest BCUT2D eigenvalue weighted by molar-refractivity contribution is 1.18.